The molecule has 1 amide bonds. The van der Waals surface area contributed by atoms with E-state index in [4.69, 9.17) is 17.3 Å². The number of carbonyl (C=O) groups is 2. The Labute approximate surface area is 194 Å². The minimum absolute atomic E-state index is 0.0780. The van der Waals surface area contributed by atoms with Crippen LogP contribution < -0.4 is 5.32 Å². The van der Waals surface area contributed by atoms with Crippen LogP contribution in [0.3, 0.4) is 0 Å². The van der Waals surface area contributed by atoms with Crippen molar-refractivity contribution in [3.63, 3.8) is 0 Å². The van der Waals surface area contributed by atoms with Crippen LogP contribution in [0.2, 0.25) is 0 Å². The highest BCUT2D eigenvalue weighted by atomic mass is 32.1. The molecule has 33 heavy (non-hydrogen) atoms. The van der Waals surface area contributed by atoms with Crippen LogP contribution in [0.15, 0.2) is 42.6 Å². The molecule has 2 aromatic carbocycles. The number of halogens is 2. The van der Waals surface area contributed by atoms with E-state index in [-0.39, 0.29) is 18.2 Å². The first-order valence-electron chi connectivity index (χ1n) is 10.6. The molecule has 1 atom stereocenters. The highest BCUT2D eigenvalue weighted by molar-refractivity contribution is 7.71. The van der Waals surface area contributed by atoms with E-state index < -0.39 is 17.6 Å². The van der Waals surface area contributed by atoms with Gasteiger partial charge in [0.15, 0.2) is 4.77 Å². The second-order valence-electron chi connectivity index (χ2n) is 8.14. The Balaban J connectivity index is 1.59. The van der Waals surface area contributed by atoms with E-state index in [1.807, 2.05) is 15.3 Å². The van der Waals surface area contributed by atoms with Crippen LogP contribution in [0.4, 0.5) is 8.78 Å². The quantitative estimate of drug-likeness (QED) is 0.381. The van der Waals surface area contributed by atoms with Crippen molar-refractivity contribution in [3.05, 3.63) is 86.9 Å². The SMILES string of the molecule is O=CNCc1cn(CCc2ccc(C(=O)O)cc2)c(=S)n1C1CCc2c(F)cc(F)cc2C1. The maximum atomic E-state index is 14.2. The third-order valence-electron chi connectivity index (χ3n) is 6.08. The van der Waals surface area contributed by atoms with Crippen LogP contribution in [-0.4, -0.2) is 26.6 Å². The second kappa shape index (κ2) is 9.66. The predicted molar refractivity (Wildman–Crippen MR) is 121 cm³/mol. The standard InChI is InChI=1S/C24H23F2N3O3S/c25-18-9-17-10-19(5-6-21(17)22(26)11-18)29-20(12-27-14-30)13-28(24(29)33)8-7-15-1-3-16(4-2-15)23(31)32/h1-4,9,11,13-14,19H,5-8,10,12H2,(H,27,30)(H,31,32). The van der Waals surface area contributed by atoms with Crippen molar-refractivity contribution >= 4 is 24.6 Å². The summed E-state index contributed by atoms with van der Waals surface area (Å²) in [5.74, 6) is -2.08. The van der Waals surface area contributed by atoms with Gasteiger partial charge in [-0.1, -0.05) is 12.1 Å². The molecule has 0 bridgehead atoms. The molecule has 0 saturated carbocycles. The number of carboxylic acid groups (broad SMARTS) is 1. The van der Waals surface area contributed by atoms with Crippen LogP contribution in [0, 0.1) is 16.4 Å². The Hall–Kier alpha value is -3.33. The first-order valence-corrected chi connectivity index (χ1v) is 11.0. The molecule has 1 aromatic heterocycles. The molecular formula is C24H23F2N3O3S. The number of benzene rings is 2. The molecular weight excluding hydrogens is 448 g/mol. The van der Waals surface area contributed by atoms with Gasteiger partial charge in [-0.2, -0.15) is 0 Å². The average Bonchev–Trinajstić information content (AvgIpc) is 3.11. The number of hydrogen-bond acceptors (Lipinski definition) is 3. The molecule has 6 nitrogen and oxygen atoms in total. The molecule has 2 N–H and O–H groups in total. The third-order valence-corrected chi connectivity index (χ3v) is 6.51. The zero-order valence-electron chi connectivity index (χ0n) is 17.8. The third kappa shape index (κ3) is 4.88. The number of carbonyl (C=O) groups excluding carboxylic acids is 1. The summed E-state index contributed by atoms with van der Waals surface area (Å²) >= 11 is 5.75. The van der Waals surface area contributed by atoms with E-state index in [1.54, 1.807) is 24.3 Å². The number of aromatic carboxylic acids is 1. The summed E-state index contributed by atoms with van der Waals surface area (Å²) in [7, 11) is 0. The lowest BCUT2D eigenvalue weighted by Crippen LogP contribution is -2.23. The molecule has 9 heteroatoms. The molecule has 1 aliphatic carbocycles. The first kappa shape index (κ1) is 22.8. The number of imidazole rings is 1. The molecule has 1 aliphatic rings. The smallest absolute Gasteiger partial charge is 0.335 e. The maximum Gasteiger partial charge on any atom is 0.335 e. The van der Waals surface area contributed by atoms with Crippen LogP contribution in [-0.2, 0) is 37.1 Å². The Morgan fingerprint density at radius 2 is 2.00 bits per heavy atom. The Morgan fingerprint density at radius 3 is 2.70 bits per heavy atom. The fourth-order valence-corrected chi connectivity index (χ4v) is 4.87. The van der Waals surface area contributed by atoms with Gasteiger partial charge >= 0.3 is 5.97 Å². The zero-order chi connectivity index (χ0) is 23.5. The number of carboxylic acids is 1. The number of amides is 1. The van der Waals surface area contributed by atoms with Crippen LogP contribution in [0.25, 0.3) is 0 Å². The van der Waals surface area contributed by atoms with Crippen molar-refractivity contribution in [2.45, 2.75) is 44.8 Å². The summed E-state index contributed by atoms with van der Waals surface area (Å²) in [5.41, 5.74) is 3.22. The lowest BCUT2D eigenvalue weighted by molar-refractivity contribution is -0.109. The van der Waals surface area contributed by atoms with E-state index in [0.29, 0.717) is 54.5 Å². The van der Waals surface area contributed by atoms with Crippen molar-refractivity contribution in [2.24, 2.45) is 0 Å². The minimum Gasteiger partial charge on any atom is -0.478 e. The van der Waals surface area contributed by atoms with Crippen molar-refractivity contribution in [1.82, 2.24) is 14.5 Å². The molecule has 0 fully saturated rings. The topological polar surface area (TPSA) is 76.3 Å². The molecule has 0 saturated heterocycles. The van der Waals surface area contributed by atoms with Crippen molar-refractivity contribution in [1.29, 1.82) is 0 Å². The van der Waals surface area contributed by atoms with Gasteiger partial charge in [0.05, 0.1) is 17.8 Å². The van der Waals surface area contributed by atoms with E-state index >= 15 is 0 Å². The van der Waals surface area contributed by atoms with E-state index in [1.165, 1.54) is 6.07 Å². The average molecular weight is 472 g/mol. The highest BCUT2D eigenvalue weighted by Crippen LogP contribution is 2.32. The highest BCUT2D eigenvalue weighted by Gasteiger charge is 2.26. The summed E-state index contributed by atoms with van der Waals surface area (Å²) in [6, 6.07) is 8.92. The van der Waals surface area contributed by atoms with Gasteiger partial charge in [-0.25, -0.2) is 13.6 Å². The van der Waals surface area contributed by atoms with E-state index in [0.717, 1.165) is 17.3 Å². The number of nitrogens with zero attached hydrogens (tertiary/aromatic N) is 2. The second-order valence-corrected chi connectivity index (χ2v) is 8.50. The number of aromatic nitrogens is 2. The van der Waals surface area contributed by atoms with Gasteiger partial charge in [0.1, 0.15) is 11.6 Å². The molecule has 3 aromatic rings. The molecule has 0 radical (unpaired) electrons. The Morgan fingerprint density at radius 1 is 1.24 bits per heavy atom. The summed E-state index contributed by atoms with van der Waals surface area (Å²) in [6.07, 6.45) is 4.74. The molecule has 0 aliphatic heterocycles. The molecule has 4 rings (SSSR count). The predicted octanol–water partition coefficient (Wildman–Crippen LogP) is 4.21. The van der Waals surface area contributed by atoms with Crippen molar-refractivity contribution < 1.29 is 23.5 Å². The number of hydrogen-bond donors (Lipinski definition) is 2. The van der Waals surface area contributed by atoms with E-state index in [2.05, 4.69) is 5.32 Å². The van der Waals surface area contributed by atoms with Gasteiger partial charge in [0.2, 0.25) is 6.41 Å². The Bertz CT molecular complexity index is 1250. The molecule has 0 spiro atoms. The van der Waals surface area contributed by atoms with Gasteiger partial charge in [-0.05, 0) is 72.8 Å². The number of nitrogens with one attached hydrogen (secondary N) is 1. The van der Waals surface area contributed by atoms with Gasteiger partial charge in [0.25, 0.3) is 0 Å². The minimum atomic E-state index is -0.970. The normalized spacial score (nSPS) is 15.2. The first-order chi connectivity index (χ1) is 15.9. The number of aryl methyl sites for hydroxylation is 2. The fourth-order valence-electron chi connectivity index (χ4n) is 4.46. The Kier molecular flexibility index (Phi) is 6.69. The summed E-state index contributed by atoms with van der Waals surface area (Å²) in [5, 5.41) is 11.7. The summed E-state index contributed by atoms with van der Waals surface area (Å²) in [4.78, 5) is 21.9. The molecule has 1 heterocycles. The van der Waals surface area contributed by atoms with Gasteiger partial charge in [-0.3, -0.25) is 4.79 Å². The summed E-state index contributed by atoms with van der Waals surface area (Å²) < 4.78 is 32.4. The lowest BCUT2D eigenvalue weighted by Gasteiger charge is -2.27. The zero-order valence-corrected chi connectivity index (χ0v) is 18.6. The lowest BCUT2D eigenvalue weighted by atomic mass is 9.87. The van der Waals surface area contributed by atoms with Crippen LogP contribution in [0.1, 0.15) is 45.2 Å². The molecule has 172 valence electrons. The van der Waals surface area contributed by atoms with Gasteiger partial charge < -0.3 is 19.6 Å². The molecule has 1 unspecified atom stereocenters. The van der Waals surface area contributed by atoms with Crippen LogP contribution >= 0.6 is 12.2 Å². The monoisotopic (exact) mass is 471 g/mol. The largest absolute Gasteiger partial charge is 0.478 e. The number of rotatable bonds is 8. The van der Waals surface area contributed by atoms with Gasteiger partial charge in [0, 0.05) is 24.8 Å². The van der Waals surface area contributed by atoms with Crippen molar-refractivity contribution in [2.75, 3.05) is 0 Å². The van der Waals surface area contributed by atoms with Crippen LogP contribution in [0.5, 0.6) is 0 Å². The summed E-state index contributed by atoms with van der Waals surface area (Å²) in [6.45, 7) is 0.854. The number of fused-ring (bicyclic) bond motifs is 1. The van der Waals surface area contributed by atoms with E-state index in [9.17, 15) is 18.4 Å². The fraction of sp³-hybridized carbons (Fsp3) is 0.292. The van der Waals surface area contributed by atoms with Gasteiger partial charge in [-0.15, -0.1) is 0 Å². The maximum absolute atomic E-state index is 14.2. The van der Waals surface area contributed by atoms with Crippen molar-refractivity contribution in [3.8, 4) is 0 Å².